The lowest BCUT2D eigenvalue weighted by Crippen LogP contribution is -2.40. The van der Waals surface area contributed by atoms with Gasteiger partial charge in [-0.2, -0.15) is 4.37 Å². The molecule has 0 spiro atoms. The SMILES string of the molecule is CC(C)(C)c1nsc(N2CC3CCCNC3C2)n1. The second kappa shape index (κ2) is 4.46. The Morgan fingerprint density at radius 2 is 2.17 bits per heavy atom. The molecule has 1 aromatic heterocycles. The summed E-state index contributed by atoms with van der Waals surface area (Å²) in [6.45, 7) is 9.94. The molecule has 0 aliphatic carbocycles. The molecule has 1 N–H and O–H groups in total. The first-order valence-electron chi connectivity index (χ1n) is 6.86. The van der Waals surface area contributed by atoms with E-state index in [0.29, 0.717) is 6.04 Å². The van der Waals surface area contributed by atoms with Crippen molar-refractivity contribution < 1.29 is 0 Å². The normalized spacial score (nSPS) is 28.5. The highest BCUT2D eigenvalue weighted by atomic mass is 32.1. The van der Waals surface area contributed by atoms with Crippen molar-refractivity contribution in [3.05, 3.63) is 5.82 Å². The van der Waals surface area contributed by atoms with E-state index in [2.05, 4.69) is 35.4 Å². The molecule has 3 rings (SSSR count). The fourth-order valence-corrected chi connectivity index (χ4v) is 3.73. The maximum Gasteiger partial charge on any atom is 0.205 e. The Morgan fingerprint density at radius 1 is 1.33 bits per heavy atom. The standard InChI is InChI=1S/C13H22N4S/c1-13(2,3)11-15-12(18-16-11)17-7-9-5-4-6-14-10(9)8-17/h9-10,14H,4-8H2,1-3H3. The molecule has 2 fully saturated rings. The highest BCUT2D eigenvalue weighted by Gasteiger charge is 2.35. The van der Waals surface area contributed by atoms with Gasteiger partial charge in [0.05, 0.1) is 0 Å². The maximum atomic E-state index is 4.73. The average molecular weight is 266 g/mol. The Hall–Kier alpha value is -0.680. The Morgan fingerprint density at radius 3 is 2.83 bits per heavy atom. The molecule has 0 amide bonds. The van der Waals surface area contributed by atoms with Gasteiger partial charge in [-0.15, -0.1) is 0 Å². The number of piperidine rings is 1. The number of fused-ring (bicyclic) bond motifs is 1. The monoisotopic (exact) mass is 266 g/mol. The van der Waals surface area contributed by atoms with Gasteiger partial charge >= 0.3 is 0 Å². The van der Waals surface area contributed by atoms with Crippen LogP contribution in [0.25, 0.3) is 0 Å². The summed E-state index contributed by atoms with van der Waals surface area (Å²) in [5.41, 5.74) is 0.0550. The minimum atomic E-state index is 0.0550. The largest absolute Gasteiger partial charge is 0.345 e. The van der Waals surface area contributed by atoms with Gasteiger partial charge in [-0.3, -0.25) is 0 Å². The molecule has 0 aromatic carbocycles. The van der Waals surface area contributed by atoms with Crippen LogP contribution >= 0.6 is 11.5 Å². The summed E-state index contributed by atoms with van der Waals surface area (Å²) in [6, 6.07) is 0.667. The second-order valence-corrected chi connectivity index (χ2v) is 7.25. The zero-order valence-electron chi connectivity index (χ0n) is 11.4. The van der Waals surface area contributed by atoms with Gasteiger partial charge < -0.3 is 10.2 Å². The van der Waals surface area contributed by atoms with Crippen molar-refractivity contribution in [2.24, 2.45) is 5.92 Å². The van der Waals surface area contributed by atoms with Crippen LogP contribution in [0.5, 0.6) is 0 Å². The third kappa shape index (κ3) is 2.26. The number of hydrogen-bond donors (Lipinski definition) is 1. The van der Waals surface area contributed by atoms with Gasteiger partial charge in [-0.1, -0.05) is 20.8 Å². The summed E-state index contributed by atoms with van der Waals surface area (Å²) in [5.74, 6) is 1.78. The molecule has 2 saturated heterocycles. The van der Waals surface area contributed by atoms with Crippen molar-refractivity contribution in [2.75, 3.05) is 24.5 Å². The van der Waals surface area contributed by atoms with E-state index in [9.17, 15) is 0 Å². The molecule has 4 nitrogen and oxygen atoms in total. The van der Waals surface area contributed by atoms with E-state index in [4.69, 9.17) is 4.98 Å². The fraction of sp³-hybridized carbons (Fsp3) is 0.846. The van der Waals surface area contributed by atoms with Crippen molar-refractivity contribution in [2.45, 2.75) is 45.1 Å². The van der Waals surface area contributed by atoms with Crippen LogP contribution in [-0.4, -0.2) is 35.0 Å². The molecule has 1 aromatic rings. The van der Waals surface area contributed by atoms with Gasteiger partial charge in [-0.05, 0) is 25.3 Å². The molecule has 2 aliphatic rings. The third-order valence-corrected chi connectivity index (χ3v) is 4.73. The van der Waals surface area contributed by atoms with Crippen molar-refractivity contribution in [1.29, 1.82) is 0 Å². The maximum absolute atomic E-state index is 4.73. The van der Waals surface area contributed by atoms with Gasteiger partial charge in [0.15, 0.2) is 0 Å². The molecule has 0 bridgehead atoms. The lowest BCUT2D eigenvalue weighted by atomic mass is 9.94. The van der Waals surface area contributed by atoms with Gasteiger partial charge in [0, 0.05) is 36.1 Å². The van der Waals surface area contributed by atoms with E-state index in [1.54, 1.807) is 11.5 Å². The Bertz CT molecular complexity index is 409. The van der Waals surface area contributed by atoms with Gasteiger partial charge in [0.1, 0.15) is 5.82 Å². The third-order valence-electron chi connectivity index (χ3n) is 3.96. The van der Waals surface area contributed by atoms with Crippen LogP contribution in [0.2, 0.25) is 0 Å². The molecular formula is C13H22N4S. The van der Waals surface area contributed by atoms with Crippen LogP contribution in [-0.2, 0) is 5.41 Å². The molecule has 5 heteroatoms. The van der Waals surface area contributed by atoms with E-state index in [0.717, 1.165) is 30.0 Å². The predicted octanol–water partition coefficient (Wildman–Crippen LogP) is 2.02. The zero-order valence-corrected chi connectivity index (χ0v) is 12.3. The van der Waals surface area contributed by atoms with Gasteiger partial charge in [0.25, 0.3) is 0 Å². The van der Waals surface area contributed by atoms with Crippen LogP contribution in [0.3, 0.4) is 0 Å². The number of aromatic nitrogens is 2. The number of anilines is 1. The number of nitrogens with zero attached hydrogens (tertiary/aromatic N) is 3. The smallest absolute Gasteiger partial charge is 0.205 e. The van der Waals surface area contributed by atoms with Crippen molar-refractivity contribution in [1.82, 2.24) is 14.7 Å². The number of nitrogens with one attached hydrogen (secondary N) is 1. The van der Waals surface area contributed by atoms with Crippen LogP contribution < -0.4 is 10.2 Å². The summed E-state index contributed by atoms with van der Waals surface area (Å²) in [5, 5.41) is 4.74. The topological polar surface area (TPSA) is 41.1 Å². The highest BCUT2D eigenvalue weighted by Crippen LogP contribution is 2.31. The molecule has 0 saturated carbocycles. The molecule has 2 unspecified atom stereocenters. The van der Waals surface area contributed by atoms with Crippen LogP contribution in [0.1, 0.15) is 39.4 Å². The summed E-state index contributed by atoms with van der Waals surface area (Å²) < 4.78 is 4.52. The van der Waals surface area contributed by atoms with Crippen molar-refractivity contribution >= 4 is 16.7 Å². The second-order valence-electron chi connectivity index (χ2n) is 6.52. The lowest BCUT2D eigenvalue weighted by molar-refractivity contribution is 0.340. The fourth-order valence-electron chi connectivity index (χ4n) is 2.85. The van der Waals surface area contributed by atoms with Crippen molar-refractivity contribution in [3.8, 4) is 0 Å². The van der Waals surface area contributed by atoms with E-state index in [1.165, 1.54) is 19.4 Å². The Balaban J connectivity index is 1.74. The molecule has 0 radical (unpaired) electrons. The van der Waals surface area contributed by atoms with Crippen LogP contribution in [0, 0.1) is 5.92 Å². The van der Waals surface area contributed by atoms with Gasteiger partial charge in [0.2, 0.25) is 5.13 Å². The Labute approximate surface area is 113 Å². The first-order valence-corrected chi connectivity index (χ1v) is 7.64. The van der Waals surface area contributed by atoms with E-state index in [1.807, 2.05) is 0 Å². The first-order chi connectivity index (χ1) is 8.54. The molecule has 100 valence electrons. The minimum absolute atomic E-state index is 0.0550. The molecule has 2 aliphatic heterocycles. The predicted molar refractivity (Wildman–Crippen MR) is 75.3 cm³/mol. The number of hydrogen-bond acceptors (Lipinski definition) is 5. The molecular weight excluding hydrogens is 244 g/mol. The van der Waals surface area contributed by atoms with E-state index >= 15 is 0 Å². The lowest BCUT2D eigenvalue weighted by Gasteiger charge is -2.24. The zero-order chi connectivity index (χ0) is 12.8. The minimum Gasteiger partial charge on any atom is -0.345 e. The molecule has 3 heterocycles. The van der Waals surface area contributed by atoms with Crippen molar-refractivity contribution in [3.63, 3.8) is 0 Å². The van der Waals surface area contributed by atoms with Crippen LogP contribution in [0.4, 0.5) is 5.13 Å². The first kappa shape index (κ1) is 12.4. The quantitative estimate of drug-likeness (QED) is 0.844. The van der Waals surface area contributed by atoms with Crippen LogP contribution in [0.15, 0.2) is 0 Å². The molecule has 18 heavy (non-hydrogen) atoms. The Kier molecular flexibility index (Phi) is 3.06. The summed E-state index contributed by atoms with van der Waals surface area (Å²) >= 11 is 1.56. The van der Waals surface area contributed by atoms with Gasteiger partial charge in [-0.25, -0.2) is 4.98 Å². The summed E-state index contributed by atoms with van der Waals surface area (Å²) in [7, 11) is 0. The average Bonchev–Trinajstić information content (AvgIpc) is 2.94. The summed E-state index contributed by atoms with van der Waals surface area (Å²) in [4.78, 5) is 7.14. The van der Waals surface area contributed by atoms with E-state index in [-0.39, 0.29) is 5.41 Å². The number of rotatable bonds is 1. The summed E-state index contributed by atoms with van der Waals surface area (Å²) in [6.07, 6.45) is 2.68. The molecule has 2 atom stereocenters. The van der Waals surface area contributed by atoms with E-state index < -0.39 is 0 Å². The highest BCUT2D eigenvalue weighted by molar-refractivity contribution is 7.09.